The first-order chi connectivity index (χ1) is 8.19. The molecule has 0 saturated heterocycles. The number of rotatable bonds is 3. The molecule has 0 aliphatic heterocycles. The molecule has 0 fully saturated rings. The molecule has 0 unspecified atom stereocenters. The van der Waals surface area contributed by atoms with E-state index < -0.39 is 0 Å². The number of carbonyl (C=O) groups excluding carboxylic acids is 1. The third kappa shape index (κ3) is 2.69. The number of halogens is 1. The molecule has 0 atom stereocenters. The fraction of sp³-hybridized carbons (Fsp3) is 0.0714. The fourth-order valence-electron chi connectivity index (χ4n) is 1.51. The number of aryl methyl sites for hydroxylation is 1. The SMILES string of the molecule is Cc1ccc(Oc2cccc(F)c2)c(C=O)c1. The van der Waals surface area contributed by atoms with Crippen molar-refractivity contribution in [2.24, 2.45) is 0 Å². The smallest absolute Gasteiger partial charge is 0.153 e. The summed E-state index contributed by atoms with van der Waals surface area (Å²) in [6, 6.07) is 11.1. The van der Waals surface area contributed by atoms with Crippen LogP contribution in [-0.4, -0.2) is 6.29 Å². The maximum Gasteiger partial charge on any atom is 0.153 e. The minimum Gasteiger partial charge on any atom is -0.457 e. The van der Waals surface area contributed by atoms with Crippen LogP contribution < -0.4 is 4.74 Å². The molecule has 2 aromatic rings. The molecular weight excluding hydrogens is 219 g/mol. The Balaban J connectivity index is 2.32. The summed E-state index contributed by atoms with van der Waals surface area (Å²) in [5.41, 5.74) is 1.42. The highest BCUT2D eigenvalue weighted by Crippen LogP contribution is 2.25. The number of benzene rings is 2. The Labute approximate surface area is 98.7 Å². The summed E-state index contributed by atoms with van der Waals surface area (Å²) in [6.07, 6.45) is 0.724. The lowest BCUT2D eigenvalue weighted by Gasteiger charge is -2.08. The van der Waals surface area contributed by atoms with Crippen LogP contribution in [-0.2, 0) is 0 Å². The average Bonchev–Trinajstić information content (AvgIpc) is 2.31. The van der Waals surface area contributed by atoms with E-state index in [-0.39, 0.29) is 5.82 Å². The van der Waals surface area contributed by atoms with Crippen molar-refractivity contribution < 1.29 is 13.9 Å². The van der Waals surface area contributed by atoms with Crippen LogP contribution >= 0.6 is 0 Å². The molecule has 0 bridgehead atoms. The van der Waals surface area contributed by atoms with Crippen molar-refractivity contribution in [2.45, 2.75) is 6.92 Å². The molecule has 0 aliphatic rings. The highest BCUT2D eigenvalue weighted by molar-refractivity contribution is 5.79. The van der Waals surface area contributed by atoms with Gasteiger partial charge in [0.05, 0.1) is 5.56 Å². The average molecular weight is 230 g/mol. The molecule has 2 aromatic carbocycles. The van der Waals surface area contributed by atoms with Crippen molar-refractivity contribution in [1.82, 2.24) is 0 Å². The number of hydrogen-bond acceptors (Lipinski definition) is 2. The van der Waals surface area contributed by atoms with Gasteiger partial charge in [0.25, 0.3) is 0 Å². The van der Waals surface area contributed by atoms with Gasteiger partial charge in [0, 0.05) is 6.07 Å². The van der Waals surface area contributed by atoms with Crippen LogP contribution in [0.15, 0.2) is 42.5 Å². The van der Waals surface area contributed by atoms with Gasteiger partial charge in [-0.3, -0.25) is 4.79 Å². The molecule has 0 radical (unpaired) electrons. The van der Waals surface area contributed by atoms with E-state index in [2.05, 4.69) is 0 Å². The van der Waals surface area contributed by atoms with Crippen molar-refractivity contribution in [3.8, 4) is 11.5 Å². The minimum atomic E-state index is -0.373. The minimum absolute atomic E-state index is 0.372. The molecular formula is C14H11FO2. The summed E-state index contributed by atoms with van der Waals surface area (Å²) >= 11 is 0. The summed E-state index contributed by atoms with van der Waals surface area (Å²) in [4.78, 5) is 10.9. The number of ether oxygens (including phenoxy) is 1. The first kappa shape index (κ1) is 11.3. The van der Waals surface area contributed by atoms with E-state index in [4.69, 9.17) is 4.74 Å². The van der Waals surface area contributed by atoms with Crippen molar-refractivity contribution in [1.29, 1.82) is 0 Å². The van der Waals surface area contributed by atoms with Crippen molar-refractivity contribution in [3.05, 3.63) is 59.4 Å². The third-order valence-corrected chi connectivity index (χ3v) is 2.32. The maximum absolute atomic E-state index is 13.0. The molecule has 0 aliphatic carbocycles. The number of aldehydes is 1. The van der Waals surface area contributed by atoms with Gasteiger partial charge in [0.1, 0.15) is 17.3 Å². The van der Waals surface area contributed by atoms with Crippen LogP contribution in [0.2, 0.25) is 0 Å². The van der Waals surface area contributed by atoms with E-state index in [9.17, 15) is 9.18 Å². The van der Waals surface area contributed by atoms with Gasteiger partial charge in [-0.05, 0) is 31.2 Å². The van der Waals surface area contributed by atoms with Crippen LogP contribution in [0, 0.1) is 12.7 Å². The second-order valence-electron chi connectivity index (χ2n) is 3.72. The van der Waals surface area contributed by atoms with Gasteiger partial charge in [-0.1, -0.05) is 17.7 Å². The molecule has 0 N–H and O–H groups in total. The Morgan fingerprint density at radius 1 is 1.18 bits per heavy atom. The lowest BCUT2D eigenvalue weighted by atomic mass is 10.1. The van der Waals surface area contributed by atoms with Crippen LogP contribution in [0.5, 0.6) is 11.5 Å². The van der Waals surface area contributed by atoms with Gasteiger partial charge < -0.3 is 4.74 Å². The summed E-state index contributed by atoms with van der Waals surface area (Å²) in [7, 11) is 0. The van der Waals surface area contributed by atoms with E-state index in [1.54, 1.807) is 24.3 Å². The van der Waals surface area contributed by atoms with Crippen LogP contribution in [0.1, 0.15) is 15.9 Å². The van der Waals surface area contributed by atoms with E-state index >= 15 is 0 Å². The van der Waals surface area contributed by atoms with Crippen molar-refractivity contribution >= 4 is 6.29 Å². The summed E-state index contributed by atoms with van der Waals surface area (Å²) < 4.78 is 18.4. The van der Waals surface area contributed by atoms with Gasteiger partial charge in [-0.25, -0.2) is 4.39 Å². The van der Waals surface area contributed by atoms with Gasteiger partial charge >= 0.3 is 0 Å². The second-order valence-corrected chi connectivity index (χ2v) is 3.72. The fourth-order valence-corrected chi connectivity index (χ4v) is 1.51. The monoisotopic (exact) mass is 230 g/mol. The van der Waals surface area contributed by atoms with Crippen LogP contribution in [0.3, 0.4) is 0 Å². The van der Waals surface area contributed by atoms with Gasteiger partial charge in [-0.2, -0.15) is 0 Å². The second kappa shape index (κ2) is 4.78. The zero-order valence-electron chi connectivity index (χ0n) is 9.31. The summed E-state index contributed by atoms with van der Waals surface area (Å²) in [6.45, 7) is 1.89. The zero-order chi connectivity index (χ0) is 12.3. The first-order valence-electron chi connectivity index (χ1n) is 5.18. The van der Waals surface area contributed by atoms with Crippen LogP contribution in [0.4, 0.5) is 4.39 Å². The largest absolute Gasteiger partial charge is 0.457 e. The van der Waals surface area contributed by atoms with Crippen LogP contribution in [0.25, 0.3) is 0 Å². The Morgan fingerprint density at radius 2 is 2.00 bits per heavy atom. The molecule has 0 amide bonds. The van der Waals surface area contributed by atoms with Gasteiger partial charge in [0.15, 0.2) is 6.29 Å². The Kier molecular flexibility index (Phi) is 3.19. The van der Waals surface area contributed by atoms with Crippen molar-refractivity contribution in [3.63, 3.8) is 0 Å². The Morgan fingerprint density at radius 3 is 2.71 bits per heavy atom. The Hall–Kier alpha value is -2.16. The predicted octanol–water partition coefficient (Wildman–Crippen LogP) is 3.74. The van der Waals surface area contributed by atoms with Crippen molar-refractivity contribution in [2.75, 3.05) is 0 Å². The zero-order valence-corrected chi connectivity index (χ0v) is 9.31. The molecule has 2 rings (SSSR count). The van der Waals surface area contributed by atoms with E-state index in [1.807, 2.05) is 13.0 Å². The highest BCUT2D eigenvalue weighted by atomic mass is 19.1. The highest BCUT2D eigenvalue weighted by Gasteiger charge is 2.05. The Bertz CT molecular complexity index is 550. The molecule has 3 heteroatoms. The lowest BCUT2D eigenvalue weighted by Crippen LogP contribution is -1.91. The van der Waals surface area contributed by atoms with Gasteiger partial charge in [-0.15, -0.1) is 0 Å². The van der Waals surface area contributed by atoms with E-state index in [0.29, 0.717) is 17.1 Å². The molecule has 0 saturated carbocycles. The molecule has 86 valence electrons. The summed E-state index contributed by atoms with van der Waals surface area (Å²) in [5.74, 6) is 0.426. The molecule has 2 nitrogen and oxygen atoms in total. The topological polar surface area (TPSA) is 26.3 Å². The van der Waals surface area contributed by atoms with E-state index in [1.165, 1.54) is 12.1 Å². The number of carbonyl (C=O) groups is 1. The first-order valence-corrected chi connectivity index (χ1v) is 5.18. The molecule has 0 heterocycles. The van der Waals surface area contributed by atoms with E-state index in [0.717, 1.165) is 11.8 Å². The molecule has 17 heavy (non-hydrogen) atoms. The lowest BCUT2D eigenvalue weighted by molar-refractivity contribution is 0.112. The maximum atomic E-state index is 13.0. The molecule has 0 spiro atoms. The standard InChI is InChI=1S/C14H11FO2/c1-10-5-6-14(11(7-10)9-16)17-13-4-2-3-12(15)8-13/h2-9H,1H3. The normalized spacial score (nSPS) is 10.0. The third-order valence-electron chi connectivity index (χ3n) is 2.32. The predicted molar refractivity (Wildman–Crippen MR) is 63.0 cm³/mol. The summed E-state index contributed by atoms with van der Waals surface area (Å²) in [5, 5.41) is 0. The number of hydrogen-bond donors (Lipinski definition) is 0. The quantitative estimate of drug-likeness (QED) is 0.751. The van der Waals surface area contributed by atoms with Gasteiger partial charge in [0.2, 0.25) is 0 Å². The molecule has 0 aromatic heterocycles.